The summed E-state index contributed by atoms with van der Waals surface area (Å²) in [6.07, 6.45) is 3.05. The monoisotopic (exact) mass is 305 g/mol. The van der Waals surface area contributed by atoms with Crippen molar-refractivity contribution in [2.24, 2.45) is 0 Å². The van der Waals surface area contributed by atoms with Crippen LogP contribution >= 0.6 is 0 Å². The van der Waals surface area contributed by atoms with Gasteiger partial charge in [0.1, 0.15) is 4.90 Å². The zero-order chi connectivity index (χ0) is 15.2. The molecular weight excluding hydrogens is 286 g/mol. The van der Waals surface area contributed by atoms with Crippen molar-refractivity contribution in [1.29, 1.82) is 0 Å². The molecule has 0 atom stereocenters. The molecule has 0 fully saturated rings. The van der Waals surface area contributed by atoms with E-state index in [1.807, 2.05) is 0 Å². The van der Waals surface area contributed by atoms with Crippen LogP contribution in [-0.4, -0.2) is 60.9 Å². The number of aromatic nitrogens is 2. The van der Waals surface area contributed by atoms with E-state index >= 15 is 0 Å². The van der Waals surface area contributed by atoms with Gasteiger partial charge in [-0.05, 0) is 6.42 Å². The normalized spacial score (nSPS) is 11.9. The summed E-state index contributed by atoms with van der Waals surface area (Å²) in [6.45, 7) is 0.965. The minimum absolute atomic E-state index is 0.0582. The van der Waals surface area contributed by atoms with Gasteiger partial charge >= 0.3 is 5.97 Å². The van der Waals surface area contributed by atoms with Gasteiger partial charge in [0.05, 0.1) is 19.2 Å². The van der Waals surface area contributed by atoms with Crippen LogP contribution in [0.25, 0.3) is 0 Å². The number of methoxy groups -OCH3 is 1. The molecule has 1 aromatic rings. The van der Waals surface area contributed by atoms with Crippen molar-refractivity contribution in [1.82, 2.24) is 14.1 Å². The van der Waals surface area contributed by atoms with E-state index in [1.54, 1.807) is 7.11 Å². The highest BCUT2D eigenvalue weighted by atomic mass is 32.2. The van der Waals surface area contributed by atoms with Crippen molar-refractivity contribution in [2.45, 2.75) is 24.3 Å². The van der Waals surface area contributed by atoms with Crippen molar-refractivity contribution in [2.75, 3.05) is 27.3 Å². The molecule has 1 heterocycles. The summed E-state index contributed by atoms with van der Waals surface area (Å²) >= 11 is 0. The molecule has 0 saturated carbocycles. The molecule has 1 N–H and O–H groups in total. The predicted molar refractivity (Wildman–Crippen MR) is 70.8 cm³/mol. The summed E-state index contributed by atoms with van der Waals surface area (Å²) in [7, 11) is -0.548. The first-order chi connectivity index (χ1) is 9.37. The van der Waals surface area contributed by atoms with Crippen molar-refractivity contribution in [3.8, 4) is 0 Å². The van der Waals surface area contributed by atoms with Crippen LogP contribution in [-0.2, 0) is 26.1 Å². The third kappa shape index (κ3) is 4.58. The Hall–Kier alpha value is -1.45. The van der Waals surface area contributed by atoms with Crippen molar-refractivity contribution >= 4 is 16.0 Å². The number of carboxylic acids is 1. The molecular formula is C11H19N3O5S. The van der Waals surface area contributed by atoms with Gasteiger partial charge in [0, 0.05) is 33.5 Å². The van der Waals surface area contributed by atoms with Crippen LogP contribution < -0.4 is 0 Å². The van der Waals surface area contributed by atoms with Crippen molar-refractivity contribution < 1.29 is 23.1 Å². The fourth-order valence-corrected chi connectivity index (χ4v) is 2.71. The summed E-state index contributed by atoms with van der Waals surface area (Å²) in [4.78, 5) is 10.5. The molecule has 0 aliphatic heterocycles. The number of sulfonamides is 1. The molecule has 8 nitrogen and oxygen atoms in total. The third-order valence-electron chi connectivity index (χ3n) is 2.69. The Balaban J connectivity index is 2.69. The number of hydrogen-bond acceptors (Lipinski definition) is 5. The van der Waals surface area contributed by atoms with E-state index in [4.69, 9.17) is 9.84 Å². The van der Waals surface area contributed by atoms with E-state index in [0.717, 1.165) is 0 Å². The molecule has 0 bridgehead atoms. The number of nitrogens with zero attached hydrogens (tertiary/aromatic N) is 3. The second-order valence-electron chi connectivity index (χ2n) is 4.26. The molecule has 0 aliphatic carbocycles. The third-order valence-corrected chi connectivity index (χ3v) is 4.50. The Bertz CT molecular complexity index is 540. The lowest BCUT2D eigenvalue weighted by molar-refractivity contribution is -0.137. The van der Waals surface area contributed by atoms with E-state index in [-0.39, 0.29) is 17.9 Å². The number of rotatable bonds is 9. The van der Waals surface area contributed by atoms with E-state index in [9.17, 15) is 13.2 Å². The van der Waals surface area contributed by atoms with Crippen LogP contribution in [0.3, 0.4) is 0 Å². The topological polar surface area (TPSA) is 102 Å². The number of ether oxygens (including phenoxy) is 1. The van der Waals surface area contributed by atoms with Gasteiger partial charge in [-0.3, -0.25) is 9.48 Å². The van der Waals surface area contributed by atoms with E-state index in [2.05, 4.69) is 5.10 Å². The maximum absolute atomic E-state index is 12.2. The second-order valence-corrected chi connectivity index (χ2v) is 6.30. The van der Waals surface area contributed by atoms with Crippen LogP contribution in [0, 0.1) is 0 Å². The zero-order valence-electron chi connectivity index (χ0n) is 11.5. The molecule has 1 aromatic heterocycles. The molecule has 0 radical (unpaired) electrons. The highest BCUT2D eigenvalue weighted by Gasteiger charge is 2.22. The molecule has 0 saturated heterocycles. The van der Waals surface area contributed by atoms with Gasteiger partial charge in [0.15, 0.2) is 0 Å². The molecule has 0 amide bonds. The predicted octanol–water partition coefficient (Wildman–Crippen LogP) is 0.0148. The van der Waals surface area contributed by atoms with E-state index in [0.29, 0.717) is 19.6 Å². The molecule has 20 heavy (non-hydrogen) atoms. The SMILES string of the molecule is COCCCN(C)S(=O)(=O)c1cnn(CCC(=O)O)c1. The fraction of sp³-hybridized carbons (Fsp3) is 0.636. The number of hydrogen-bond donors (Lipinski definition) is 1. The Kier molecular flexibility index (Phi) is 6.11. The van der Waals surface area contributed by atoms with Crippen LogP contribution in [0.15, 0.2) is 17.3 Å². The van der Waals surface area contributed by atoms with Gasteiger partial charge in [-0.15, -0.1) is 0 Å². The Morgan fingerprint density at radius 1 is 1.55 bits per heavy atom. The lowest BCUT2D eigenvalue weighted by Gasteiger charge is -2.15. The summed E-state index contributed by atoms with van der Waals surface area (Å²) in [5.74, 6) is -0.957. The van der Waals surface area contributed by atoms with Crippen LogP contribution in [0.1, 0.15) is 12.8 Å². The smallest absolute Gasteiger partial charge is 0.305 e. The lowest BCUT2D eigenvalue weighted by atomic mass is 10.4. The molecule has 0 aliphatic rings. The van der Waals surface area contributed by atoms with Crippen LogP contribution in [0.2, 0.25) is 0 Å². The fourth-order valence-electron chi connectivity index (χ4n) is 1.54. The largest absolute Gasteiger partial charge is 0.481 e. The highest BCUT2D eigenvalue weighted by Crippen LogP contribution is 2.13. The first-order valence-corrected chi connectivity index (χ1v) is 7.51. The van der Waals surface area contributed by atoms with Gasteiger partial charge in [0.2, 0.25) is 10.0 Å². The van der Waals surface area contributed by atoms with E-state index in [1.165, 1.54) is 28.4 Å². The maximum Gasteiger partial charge on any atom is 0.305 e. The van der Waals surface area contributed by atoms with Crippen LogP contribution in [0.5, 0.6) is 0 Å². The summed E-state index contributed by atoms with van der Waals surface area (Å²) < 4.78 is 31.8. The molecule has 9 heteroatoms. The Morgan fingerprint density at radius 2 is 2.25 bits per heavy atom. The number of aryl methyl sites for hydroxylation is 1. The zero-order valence-corrected chi connectivity index (χ0v) is 12.3. The van der Waals surface area contributed by atoms with Crippen molar-refractivity contribution in [3.05, 3.63) is 12.4 Å². The number of carbonyl (C=O) groups is 1. The van der Waals surface area contributed by atoms with Gasteiger partial charge in [0.25, 0.3) is 0 Å². The van der Waals surface area contributed by atoms with Gasteiger partial charge in [-0.2, -0.15) is 5.10 Å². The Labute approximate surface area is 118 Å². The molecule has 114 valence electrons. The molecule has 1 rings (SSSR count). The summed E-state index contributed by atoms with van der Waals surface area (Å²) in [5.41, 5.74) is 0. The van der Waals surface area contributed by atoms with Crippen LogP contribution in [0.4, 0.5) is 0 Å². The minimum Gasteiger partial charge on any atom is -0.481 e. The van der Waals surface area contributed by atoms with Gasteiger partial charge < -0.3 is 9.84 Å². The highest BCUT2D eigenvalue weighted by molar-refractivity contribution is 7.89. The molecule has 0 aromatic carbocycles. The average molecular weight is 305 g/mol. The Morgan fingerprint density at radius 3 is 2.85 bits per heavy atom. The second kappa shape index (κ2) is 7.36. The maximum atomic E-state index is 12.2. The minimum atomic E-state index is -3.59. The first-order valence-electron chi connectivity index (χ1n) is 6.07. The lowest BCUT2D eigenvalue weighted by Crippen LogP contribution is -2.28. The molecule has 0 spiro atoms. The molecule has 0 unspecified atom stereocenters. The van der Waals surface area contributed by atoms with E-state index < -0.39 is 16.0 Å². The summed E-state index contributed by atoms with van der Waals surface area (Å²) in [5, 5.41) is 12.4. The number of carboxylic acid groups (broad SMARTS) is 1. The standard InChI is InChI=1S/C11H19N3O5S/c1-13(5-3-7-19-2)20(17,18)10-8-12-14(9-10)6-4-11(15)16/h8-9H,3-7H2,1-2H3,(H,15,16). The van der Waals surface area contributed by atoms with Crippen molar-refractivity contribution in [3.63, 3.8) is 0 Å². The summed E-state index contributed by atoms with van der Waals surface area (Å²) in [6, 6.07) is 0. The number of aliphatic carboxylic acids is 1. The first kappa shape index (κ1) is 16.6. The van der Waals surface area contributed by atoms with Gasteiger partial charge in [-0.1, -0.05) is 0 Å². The van der Waals surface area contributed by atoms with Gasteiger partial charge in [-0.25, -0.2) is 12.7 Å². The quantitative estimate of drug-likeness (QED) is 0.645. The average Bonchev–Trinajstić information content (AvgIpc) is 2.86.